The van der Waals surface area contributed by atoms with Crippen molar-refractivity contribution in [3.05, 3.63) is 0 Å². The van der Waals surface area contributed by atoms with E-state index in [1.54, 1.807) is 0 Å². The minimum Gasteiger partial charge on any atom is -0.339 e. The van der Waals surface area contributed by atoms with E-state index in [0.29, 0.717) is 6.54 Å². The first-order valence-corrected chi connectivity index (χ1v) is 6.61. The Morgan fingerprint density at radius 2 is 2.00 bits per heavy atom. The highest BCUT2D eigenvalue weighted by Gasteiger charge is 2.46. The van der Waals surface area contributed by atoms with Crippen LogP contribution in [0, 0.1) is 17.8 Å². The van der Waals surface area contributed by atoms with Gasteiger partial charge in [0, 0.05) is 31.2 Å². The number of carbonyl (C=O) groups is 1. The lowest BCUT2D eigenvalue weighted by molar-refractivity contribution is -0.135. The van der Waals surface area contributed by atoms with E-state index in [9.17, 15) is 18.0 Å². The lowest BCUT2D eigenvalue weighted by Gasteiger charge is -2.21. The molecule has 0 aromatic carbocycles. The van der Waals surface area contributed by atoms with Gasteiger partial charge in [-0.1, -0.05) is 13.8 Å². The minimum atomic E-state index is -2.72. The number of halogens is 3. The summed E-state index contributed by atoms with van der Waals surface area (Å²) in [7, 11) is 0. The van der Waals surface area contributed by atoms with Gasteiger partial charge in [0.15, 0.2) is 0 Å². The van der Waals surface area contributed by atoms with Gasteiger partial charge in [0.05, 0.1) is 6.54 Å². The Kier molecular flexibility index (Phi) is 3.60. The molecule has 2 fully saturated rings. The highest BCUT2D eigenvalue weighted by Crippen LogP contribution is 2.40. The van der Waals surface area contributed by atoms with Gasteiger partial charge in [-0.25, -0.2) is 13.2 Å². The number of nitrogens with zero attached hydrogens (tertiary/aromatic N) is 1. The normalized spacial score (nSPS) is 35.4. The minimum absolute atomic E-state index is 0.0732. The summed E-state index contributed by atoms with van der Waals surface area (Å²) < 4.78 is 39.9. The molecule has 1 aliphatic carbocycles. The average molecular weight is 263 g/mol. The highest BCUT2D eigenvalue weighted by molar-refractivity contribution is 5.79. The number of hydrogen-bond acceptors (Lipinski definition) is 1. The quantitative estimate of drug-likeness (QED) is 0.750. The van der Waals surface area contributed by atoms with Crippen molar-refractivity contribution in [2.45, 2.75) is 45.2 Å². The Bertz CT molecular complexity index is 332. The first-order valence-electron chi connectivity index (χ1n) is 6.61. The fourth-order valence-corrected chi connectivity index (χ4v) is 3.02. The largest absolute Gasteiger partial charge is 0.339 e. The lowest BCUT2D eigenvalue weighted by Crippen LogP contribution is -2.34. The fourth-order valence-electron chi connectivity index (χ4n) is 3.02. The standard InChI is InChI=1S/C13H20F3NO/c1-8(2)10-6-17(7-11(10)14)12(18)9-3-4-13(15,16)5-9/h8-11H,3-7H2,1-2H3/t9?,10-,11?/m0/s1. The van der Waals surface area contributed by atoms with Gasteiger partial charge in [-0.05, 0) is 12.3 Å². The van der Waals surface area contributed by atoms with Gasteiger partial charge in [-0.3, -0.25) is 4.79 Å². The van der Waals surface area contributed by atoms with Gasteiger partial charge in [0.25, 0.3) is 0 Å². The summed E-state index contributed by atoms with van der Waals surface area (Å²) in [5, 5.41) is 0. The van der Waals surface area contributed by atoms with Gasteiger partial charge in [0.2, 0.25) is 11.8 Å². The van der Waals surface area contributed by atoms with Crippen molar-refractivity contribution in [2.24, 2.45) is 17.8 Å². The van der Waals surface area contributed by atoms with Crippen molar-refractivity contribution >= 4 is 5.91 Å². The molecule has 0 spiro atoms. The van der Waals surface area contributed by atoms with Crippen molar-refractivity contribution in [1.82, 2.24) is 4.90 Å². The number of rotatable bonds is 2. The van der Waals surface area contributed by atoms with Crippen molar-refractivity contribution in [2.75, 3.05) is 13.1 Å². The monoisotopic (exact) mass is 263 g/mol. The molecular formula is C13H20F3NO. The van der Waals surface area contributed by atoms with Gasteiger partial charge in [-0.15, -0.1) is 0 Å². The van der Waals surface area contributed by atoms with Crippen LogP contribution in [0.25, 0.3) is 0 Å². The lowest BCUT2D eigenvalue weighted by atomic mass is 9.94. The van der Waals surface area contributed by atoms with E-state index in [1.165, 1.54) is 4.90 Å². The van der Waals surface area contributed by atoms with E-state index in [2.05, 4.69) is 0 Å². The van der Waals surface area contributed by atoms with Crippen LogP contribution in [-0.4, -0.2) is 36.0 Å². The van der Waals surface area contributed by atoms with E-state index >= 15 is 0 Å². The summed E-state index contributed by atoms with van der Waals surface area (Å²) >= 11 is 0. The third kappa shape index (κ3) is 2.64. The Balaban J connectivity index is 1.96. The van der Waals surface area contributed by atoms with Crippen LogP contribution < -0.4 is 0 Å². The summed E-state index contributed by atoms with van der Waals surface area (Å²) in [6, 6.07) is 0. The Hall–Kier alpha value is -0.740. The summed E-state index contributed by atoms with van der Waals surface area (Å²) in [6.07, 6.45) is -1.38. The second-order valence-electron chi connectivity index (χ2n) is 5.96. The number of likely N-dealkylation sites (tertiary alicyclic amines) is 1. The van der Waals surface area contributed by atoms with Crippen molar-refractivity contribution in [1.29, 1.82) is 0 Å². The smallest absolute Gasteiger partial charge is 0.248 e. The number of alkyl halides is 3. The summed E-state index contributed by atoms with van der Waals surface area (Å²) in [5.74, 6) is -3.60. The molecule has 5 heteroatoms. The second kappa shape index (κ2) is 4.74. The van der Waals surface area contributed by atoms with Gasteiger partial charge in [0.1, 0.15) is 6.17 Å². The molecule has 1 aliphatic heterocycles. The molecule has 104 valence electrons. The van der Waals surface area contributed by atoms with Crippen LogP contribution in [0.3, 0.4) is 0 Å². The summed E-state index contributed by atoms with van der Waals surface area (Å²) in [4.78, 5) is 13.5. The molecule has 0 aromatic rings. The molecule has 0 N–H and O–H groups in total. The van der Waals surface area contributed by atoms with Crippen LogP contribution in [0.1, 0.15) is 33.1 Å². The van der Waals surface area contributed by atoms with Crippen LogP contribution in [0.4, 0.5) is 13.2 Å². The molecule has 0 aromatic heterocycles. The molecule has 2 nitrogen and oxygen atoms in total. The van der Waals surface area contributed by atoms with Crippen LogP contribution in [0.2, 0.25) is 0 Å². The number of hydrogen-bond donors (Lipinski definition) is 0. The average Bonchev–Trinajstić information content (AvgIpc) is 2.80. The SMILES string of the molecule is CC(C)[C@@H]1CN(C(=O)C2CCC(F)(F)C2)CC1F. The molecule has 2 unspecified atom stereocenters. The van der Waals surface area contributed by atoms with Gasteiger partial charge < -0.3 is 4.90 Å². The first-order chi connectivity index (χ1) is 8.30. The van der Waals surface area contributed by atoms with Gasteiger partial charge in [-0.2, -0.15) is 0 Å². The van der Waals surface area contributed by atoms with Crippen molar-refractivity contribution < 1.29 is 18.0 Å². The van der Waals surface area contributed by atoms with Crippen molar-refractivity contribution in [3.8, 4) is 0 Å². The van der Waals surface area contributed by atoms with E-state index < -0.39 is 18.0 Å². The van der Waals surface area contributed by atoms with E-state index in [0.717, 1.165) is 0 Å². The number of amides is 1. The fraction of sp³-hybridized carbons (Fsp3) is 0.923. The molecule has 18 heavy (non-hydrogen) atoms. The predicted octanol–water partition coefficient (Wildman–Crippen LogP) is 2.87. The van der Waals surface area contributed by atoms with Crippen LogP contribution in [0.5, 0.6) is 0 Å². The molecule has 1 heterocycles. The van der Waals surface area contributed by atoms with E-state index in [-0.39, 0.29) is 43.6 Å². The molecule has 0 radical (unpaired) electrons. The molecule has 1 saturated heterocycles. The van der Waals surface area contributed by atoms with Crippen molar-refractivity contribution in [3.63, 3.8) is 0 Å². The third-order valence-electron chi connectivity index (χ3n) is 4.21. The summed E-state index contributed by atoms with van der Waals surface area (Å²) in [6.45, 7) is 4.30. The van der Waals surface area contributed by atoms with Crippen LogP contribution >= 0.6 is 0 Å². The zero-order chi connectivity index (χ0) is 13.5. The molecule has 1 amide bonds. The van der Waals surface area contributed by atoms with Gasteiger partial charge >= 0.3 is 0 Å². The zero-order valence-electron chi connectivity index (χ0n) is 10.8. The molecular weight excluding hydrogens is 243 g/mol. The maximum atomic E-state index is 13.7. The maximum absolute atomic E-state index is 13.7. The molecule has 3 atom stereocenters. The topological polar surface area (TPSA) is 20.3 Å². The van der Waals surface area contributed by atoms with E-state index in [1.807, 2.05) is 13.8 Å². The Labute approximate surface area is 106 Å². The molecule has 2 aliphatic rings. The van der Waals surface area contributed by atoms with Crippen LogP contribution in [-0.2, 0) is 4.79 Å². The Morgan fingerprint density at radius 3 is 2.44 bits per heavy atom. The van der Waals surface area contributed by atoms with E-state index in [4.69, 9.17) is 0 Å². The maximum Gasteiger partial charge on any atom is 0.248 e. The molecule has 0 bridgehead atoms. The highest BCUT2D eigenvalue weighted by atomic mass is 19.3. The zero-order valence-corrected chi connectivity index (χ0v) is 10.8. The molecule has 2 rings (SSSR count). The molecule has 1 saturated carbocycles. The first kappa shape index (κ1) is 13.7. The summed E-state index contributed by atoms with van der Waals surface area (Å²) in [5.41, 5.74) is 0. The predicted molar refractivity (Wildman–Crippen MR) is 62.1 cm³/mol. The van der Waals surface area contributed by atoms with Crippen LogP contribution in [0.15, 0.2) is 0 Å². The third-order valence-corrected chi connectivity index (χ3v) is 4.21. The number of carbonyl (C=O) groups excluding carboxylic acids is 1. The Morgan fingerprint density at radius 1 is 1.33 bits per heavy atom. The second-order valence-corrected chi connectivity index (χ2v) is 5.96.